The van der Waals surface area contributed by atoms with E-state index in [9.17, 15) is 18.0 Å². The number of aliphatic hydroxyl groups is 2. The Kier molecular flexibility index (Phi) is 5.31. The number of nitrogens with zero attached hydrogens (tertiary/aromatic N) is 1. The van der Waals surface area contributed by atoms with Gasteiger partial charge in [-0.3, -0.25) is 4.79 Å². The van der Waals surface area contributed by atoms with Crippen LogP contribution in [0.5, 0.6) is 0 Å². The zero-order valence-corrected chi connectivity index (χ0v) is 10.0. The summed E-state index contributed by atoms with van der Waals surface area (Å²) in [7, 11) is 0. The van der Waals surface area contributed by atoms with Crippen LogP contribution < -0.4 is 0 Å². The Morgan fingerprint density at radius 1 is 1.16 bits per heavy atom. The van der Waals surface area contributed by atoms with Gasteiger partial charge in [0.2, 0.25) is 0 Å². The van der Waals surface area contributed by atoms with Crippen LogP contribution in [0.3, 0.4) is 0 Å². The summed E-state index contributed by atoms with van der Waals surface area (Å²) < 4.78 is 37.6. The molecule has 0 saturated heterocycles. The number of benzene rings is 1. The van der Waals surface area contributed by atoms with Gasteiger partial charge in [0.25, 0.3) is 5.91 Å². The highest BCUT2D eigenvalue weighted by Gasteiger charge is 2.31. The Labute approximate surface area is 108 Å². The molecule has 0 radical (unpaired) electrons. The standard InChI is InChI=1S/C12H14F3NO3/c13-12(14,15)10-3-1-2-9(8-10)11(19)16(4-6-17)5-7-18/h1-3,8,17-18H,4-7H2. The molecule has 0 aliphatic heterocycles. The summed E-state index contributed by atoms with van der Waals surface area (Å²) in [6, 6.07) is 4.04. The summed E-state index contributed by atoms with van der Waals surface area (Å²) >= 11 is 0. The highest BCUT2D eigenvalue weighted by molar-refractivity contribution is 5.94. The molecule has 4 nitrogen and oxygen atoms in total. The number of hydrogen-bond acceptors (Lipinski definition) is 3. The van der Waals surface area contributed by atoms with E-state index < -0.39 is 17.6 Å². The molecule has 0 bridgehead atoms. The third-order valence-corrected chi connectivity index (χ3v) is 2.46. The van der Waals surface area contributed by atoms with E-state index in [0.717, 1.165) is 23.1 Å². The second kappa shape index (κ2) is 6.53. The van der Waals surface area contributed by atoms with E-state index in [2.05, 4.69) is 0 Å². The van der Waals surface area contributed by atoms with E-state index in [1.54, 1.807) is 0 Å². The zero-order valence-electron chi connectivity index (χ0n) is 10.0. The minimum Gasteiger partial charge on any atom is -0.395 e. The first-order valence-corrected chi connectivity index (χ1v) is 5.58. The highest BCUT2D eigenvalue weighted by atomic mass is 19.4. The smallest absolute Gasteiger partial charge is 0.395 e. The lowest BCUT2D eigenvalue weighted by Gasteiger charge is -2.21. The van der Waals surface area contributed by atoms with Crippen molar-refractivity contribution in [2.24, 2.45) is 0 Å². The Bertz CT molecular complexity index is 428. The topological polar surface area (TPSA) is 60.8 Å². The number of carbonyl (C=O) groups is 1. The quantitative estimate of drug-likeness (QED) is 0.848. The Hall–Kier alpha value is -1.60. The SMILES string of the molecule is O=C(c1cccc(C(F)(F)F)c1)N(CCO)CCO. The average Bonchev–Trinajstić information content (AvgIpc) is 2.37. The minimum absolute atomic E-state index is 0.0460. The fourth-order valence-electron chi connectivity index (χ4n) is 1.57. The molecular weight excluding hydrogens is 263 g/mol. The van der Waals surface area contributed by atoms with Crippen molar-refractivity contribution < 1.29 is 28.2 Å². The molecule has 0 aromatic heterocycles. The maximum absolute atomic E-state index is 12.5. The summed E-state index contributed by atoms with van der Waals surface area (Å²) in [4.78, 5) is 13.0. The van der Waals surface area contributed by atoms with Gasteiger partial charge in [0.1, 0.15) is 0 Å². The van der Waals surface area contributed by atoms with E-state index in [-0.39, 0.29) is 31.9 Å². The lowest BCUT2D eigenvalue weighted by molar-refractivity contribution is -0.137. The van der Waals surface area contributed by atoms with Crippen LogP contribution in [-0.2, 0) is 6.18 Å². The molecule has 0 atom stereocenters. The molecule has 19 heavy (non-hydrogen) atoms. The average molecular weight is 277 g/mol. The van der Waals surface area contributed by atoms with E-state index >= 15 is 0 Å². The number of hydrogen-bond donors (Lipinski definition) is 2. The molecule has 2 N–H and O–H groups in total. The molecular formula is C12H14F3NO3. The minimum atomic E-state index is -4.52. The molecule has 0 aliphatic carbocycles. The molecule has 1 aromatic carbocycles. The van der Waals surface area contributed by atoms with Gasteiger partial charge in [0, 0.05) is 18.7 Å². The monoisotopic (exact) mass is 277 g/mol. The van der Waals surface area contributed by atoms with Crippen LogP contribution in [-0.4, -0.2) is 47.3 Å². The third-order valence-electron chi connectivity index (χ3n) is 2.46. The lowest BCUT2D eigenvalue weighted by atomic mass is 10.1. The van der Waals surface area contributed by atoms with Crippen molar-refractivity contribution in [1.82, 2.24) is 4.90 Å². The van der Waals surface area contributed by atoms with Gasteiger partial charge in [-0.25, -0.2) is 0 Å². The molecule has 7 heteroatoms. The second-order valence-electron chi connectivity index (χ2n) is 3.82. The van der Waals surface area contributed by atoms with Crippen LogP contribution in [0.15, 0.2) is 24.3 Å². The number of alkyl halides is 3. The first kappa shape index (κ1) is 15.5. The summed E-state index contributed by atoms with van der Waals surface area (Å²) in [6.45, 7) is -0.749. The molecule has 0 saturated carbocycles. The maximum atomic E-state index is 12.5. The lowest BCUT2D eigenvalue weighted by Crippen LogP contribution is -2.36. The molecule has 1 rings (SSSR count). The fraction of sp³-hybridized carbons (Fsp3) is 0.417. The first-order chi connectivity index (χ1) is 8.90. The van der Waals surface area contributed by atoms with E-state index in [1.807, 2.05) is 0 Å². The predicted octanol–water partition coefficient (Wildman–Crippen LogP) is 1.13. The molecule has 1 amide bonds. The van der Waals surface area contributed by atoms with Crippen molar-refractivity contribution in [3.63, 3.8) is 0 Å². The van der Waals surface area contributed by atoms with Crippen LogP contribution in [0.4, 0.5) is 13.2 Å². The van der Waals surface area contributed by atoms with Crippen LogP contribution in [0.25, 0.3) is 0 Å². The molecule has 0 heterocycles. The van der Waals surface area contributed by atoms with Crippen molar-refractivity contribution in [3.05, 3.63) is 35.4 Å². The summed E-state index contributed by atoms with van der Waals surface area (Å²) in [6.07, 6.45) is -4.52. The number of aliphatic hydroxyl groups excluding tert-OH is 2. The third kappa shape index (κ3) is 4.22. The Morgan fingerprint density at radius 2 is 1.74 bits per heavy atom. The van der Waals surface area contributed by atoms with Gasteiger partial charge in [-0.15, -0.1) is 0 Å². The molecule has 0 aliphatic rings. The summed E-state index contributed by atoms with van der Waals surface area (Å²) in [5.41, 5.74) is -1.04. The number of halogens is 3. The molecule has 0 fully saturated rings. The molecule has 0 unspecified atom stereocenters. The van der Waals surface area contributed by atoms with Gasteiger partial charge in [-0.1, -0.05) is 6.07 Å². The summed E-state index contributed by atoms with van der Waals surface area (Å²) in [5, 5.41) is 17.6. The van der Waals surface area contributed by atoms with Gasteiger partial charge in [0.15, 0.2) is 0 Å². The van der Waals surface area contributed by atoms with E-state index in [1.165, 1.54) is 6.07 Å². The van der Waals surface area contributed by atoms with E-state index in [4.69, 9.17) is 10.2 Å². The van der Waals surface area contributed by atoms with Gasteiger partial charge in [-0.2, -0.15) is 13.2 Å². The molecule has 0 spiro atoms. The van der Waals surface area contributed by atoms with Crippen LogP contribution in [0.1, 0.15) is 15.9 Å². The number of carbonyl (C=O) groups excluding carboxylic acids is 1. The maximum Gasteiger partial charge on any atom is 0.416 e. The summed E-state index contributed by atoms with van der Waals surface area (Å²) in [5.74, 6) is -0.658. The van der Waals surface area contributed by atoms with Crippen molar-refractivity contribution in [1.29, 1.82) is 0 Å². The van der Waals surface area contributed by atoms with Crippen molar-refractivity contribution in [3.8, 4) is 0 Å². The number of rotatable bonds is 5. The normalized spacial score (nSPS) is 11.4. The van der Waals surface area contributed by atoms with Gasteiger partial charge >= 0.3 is 6.18 Å². The van der Waals surface area contributed by atoms with Gasteiger partial charge in [-0.05, 0) is 18.2 Å². The Morgan fingerprint density at radius 3 is 2.21 bits per heavy atom. The second-order valence-corrected chi connectivity index (χ2v) is 3.82. The highest BCUT2D eigenvalue weighted by Crippen LogP contribution is 2.29. The largest absolute Gasteiger partial charge is 0.416 e. The fourth-order valence-corrected chi connectivity index (χ4v) is 1.57. The predicted molar refractivity (Wildman–Crippen MR) is 61.5 cm³/mol. The molecule has 1 aromatic rings. The van der Waals surface area contributed by atoms with E-state index in [0.29, 0.717) is 0 Å². The Balaban J connectivity index is 2.98. The number of amides is 1. The van der Waals surface area contributed by atoms with Gasteiger partial charge < -0.3 is 15.1 Å². The first-order valence-electron chi connectivity index (χ1n) is 5.58. The van der Waals surface area contributed by atoms with Crippen molar-refractivity contribution in [2.75, 3.05) is 26.3 Å². The molecule has 106 valence electrons. The van der Waals surface area contributed by atoms with Crippen LogP contribution in [0.2, 0.25) is 0 Å². The van der Waals surface area contributed by atoms with Crippen LogP contribution in [0, 0.1) is 0 Å². The van der Waals surface area contributed by atoms with Gasteiger partial charge in [0.05, 0.1) is 18.8 Å². The zero-order chi connectivity index (χ0) is 14.5. The van der Waals surface area contributed by atoms with Crippen LogP contribution >= 0.6 is 0 Å². The van der Waals surface area contributed by atoms with Crippen molar-refractivity contribution >= 4 is 5.91 Å². The van der Waals surface area contributed by atoms with Crippen molar-refractivity contribution in [2.45, 2.75) is 6.18 Å².